The van der Waals surface area contributed by atoms with Gasteiger partial charge in [-0.2, -0.15) is 0 Å². The van der Waals surface area contributed by atoms with Gasteiger partial charge in [0.2, 0.25) is 0 Å². The Kier molecular flexibility index (Phi) is 9.12. The molecule has 0 unspecified atom stereocenters. The third-order valence-electron chi connectivity index (χ3n) is 3.52. The highest BCUT2D eigenvalue weighted by atomic mass is 79.9. The normalized spacial score (nSPS) is 13.0. The van der Waals surface area contributed by atoms with Crippen LogP contribution in [0.1, 0.15) is 32.8 Å². The molecule has 0 fully saturated rings. The lowest BCUT2D eigenvalue weighted by molar-refractivity contribution is -0.174. The highest BCUT2D eigenvalue weighted by Gasteiger charge is 2.24. The maximum absolute atomic E-state index is 11.9. The van der Waals surface area contributed by atoms with Crippen molar-refractivity contribution in [2.45, 2.75) is 39.9 Å². The third-order valence-corrected chi connectivity index (χ3v) is 4.01. The number of nitrogens with one attached hydrogen (secondary N) is 1. The van der Waals surface area contributed by atoms with E-state index in [1.807, 2.05) is 24.3 Å². The first-order valence-corrected chi connectivity index (χ1v) is 9.13. The summed E-state index contributed by atoms with van der Waals surface area (Å²) in [5.74, 6) is -2.54. The third kappa shape index (κ3) is 7.86. The largest absolute Gasteiger partial charge is 0.481 e. The molecule has 8 heteroatoms. The van der Waals surface area contributed by atoms with E-state index in [1.165, 1.54) is 0 Å². The topological polar surface area (TPSA) is 102 Å². The second-order valence-corrected chi connectivity index (χ2v) is 7.03. The van der Waals surface area contributed by atoms with E-state index >= 15 is 0 Å². The Balaban J connectivity index is 2.60. The smallest absolute Gasteiger partial charge is 0.410 e. The molecule has 0 aliphatic heterocycles. The zero-order valence-electron chi connectivity index (χ0n) is 15.0. The summed E-state index contributed by atoms with van der Waals surface area (Å²) in [6.45, 7) is 5.02. The molecule has 26 heavy (non-hydrogen) atoms. The van der Waals surface area contributed by atoms with Crippen molar-refractivity contribution in [1.29, 1.82) is 0 Å². The first-order valence-electron chi connectivity index (χ1n) is 8.34. The van der Waals surface area contributed by atoms with Gasteiger partial charge in [-0.05, 0) is 24.1 Å². The molecule has 1 amide bonds. The van der Waals surface area contributed by atoms with Crippen molar-refractivity contribution in [2.24, 2.45) is 11.8 Å². The van der Waals surface area contributed by atoms with E-state index in [2.05, 4.69) is 21.2 Å². The number of carbonyl (C=O) groups is 3. The van der Waals surface area contributed by atoms with Gasteiger partial charge in [-0.3, -0.25) is 9.59 Å². The molecule has 0 heterocycles. The number of carboxylic acids is 1. The van der Waals surface area contributed by atoms with Crippen molar-refractivity contribution in [3.8, 4) is 0 Å². The molecule has 0 aromatic heterocycles. The molecular weight excluding hydrogens is 406 g/mol. The summed E-state index contributed by atoms with van der Waals surface area (Å²) in [4.78, 5) is 34.8. The summed E-state index contributed by atoms with van der Waals surface area (Å²) < 4.78 is 11.0. The van der Waals surface area contributed by atoms with E-state index in [9.17, 15) is 19.5 Å². The summed E-state index contributed by atoms with van der Waals surface area (Å²) in [6.07, 6.45) is -1.42. The molecule has 0 saturated heterocycles. The summed E-state index contributed by atoms with van der Waals surface area (Å²) in [5.41, 5.74) is 0.832. The second kappa shape index (κ2) is 10.8. The van der Waals surface area contributed by atoms with Crippen LogP contribution < -0.4 is 5.32 Å². The first kappa shape index (κ1) is 22.0. The number of ether oxygens (including phenoxy) is 2. The van der Waals surface area contributed by atoms with Gasteiger partial charge in [-0.15, -0.1) is 0 Å². The van der Waals surface area contributed by atoms with E-state index in [4.69, 9.17) is 9.47 Å². The van der Waals surface area contributed by atoms with Gasteiger partial charge < -0.3 is 19.9 Å². The highest BCUT2D eigenvalue weighted by Crippen LogP contribution is 2.15. The maximum Gasteiger partial charge on any atom is 0.410 e. The molecule has 1 aromatic rings. The molecule has 2 N–H and O–H groups in total. The highest BCUT2D eigenvalue weighted by molar-refractivity contribution is 9.10. The van der Waals surface area contributed by atoms with Gasteiger partial charge in [0.1, 0.15) is 0 Å². The molecular formula is C18H24BrNO6. The predicted octanol–water partition coefficient (Wildman–Crippen LogP) is 3.35. The lowest BCUT2D eigenvalue weighted by Gasteiger charge is -2.22. The minimum atomic E-state index is -1.02. The lowest BCUT2D eigenvalue weighted by Crippen LogP contribution is -2.38. The van der Waals surface area contributed by atoms with Crippen LogP contribution in [0.2, 0.25) is 0 Å². The quantitative estimate of drug-likeness (QED) is 0.460. The van der Waals surface area contributed by atoms with Crippen molar-refractivity contribution < 1.29 is 29.0 Å². The molecule has 144 valence electrons. The lowest BCUT2D eigenvalue weighted by atomic mass is 9.99. The SMILES string of the molecule is CCC(=O)O[C@@H](OC(=O)NC[C@H](Cc1cccc(Br)c1)C(=O)O)C(C)C. The van der Waals surface area contributed by atoms with Crippen LogP contribution >= 0.6 is 15.9 Å². The average Bonchev–Trinajstić information content (AvgIpc) is 2.57. The summed E-state index contributed by atoms with van der Waals surface area (Å²) in [6, 6.07) is 7.30. The van der Waals surface area contributed by atoms with Gasteiger partial charge in [0.05, 0.1) is 5.92 Å². The fourth-order valence-electron chi connectivity index (χ4n) is 2.06. The minimum Gasteiger partial charge on any atom is -0.481 e. The molecule has 0 spiro atoms. The van der Waals surface area contributed by atoms with Gasteiger partial charge in [0, 0.05) is 23.4 Å². The fourth-order valence-corrected chi connectivity index (χ4v) is 2.50. The average molecular weight is 430 g/mol. The number of halogens is 1. The van der Waals surface area contributed by atoms with Crippen LogP contribution in [0.15, 0.2) is 28.7 Å². The Bertz CT molecular complexity index is 634. The Morgan fingerprint density at radius 2 is 1.92 bits per heavy atom. The molecule has 1 aromatic carbocycles. The van der Waals surface area contributed by atoms with Gasteiger partial charge in [-0.1, -0.05) is 48.8 Å². The van der Waals surface area contributed by atoms with Gasteiger partial charge in [-0.25, -0.2) is 4.79 Å². The minimum absolute atomic E-state index is 0.104. The number of carboxylic acid groups (broad SMARTS) is 1. The number of esters is 1. The number of hydrogen-bond donors (Lipinski definition) is 2. The predicted molar refractivity (Wildman–Crippen MR) is 98.5 cm³/mol. The van der Waals surface area contributed by atoms with E-state index < -0.39 is 30.2 Å². The molecule has 0 aliphatic rings. The number of carbonyl (C=O) groups excluding carboxylic acids is 2. The van der Waals surface area contributed by atoms with Crippen molar-refractivity contribution in [1.82, 2.24) is 5.32 Å². The number of rotatable bonds is 9. The Morgan fingerprint density at radius 1 is 1.23 bits per heavy atom. The summed E-state index contributed by atoms with van der Waals surface area (Å²) in [7, 11) is 0. The van der Waals surface area contributed by atoms with Crippen molar-refractivity contribution >= 4 is 34.0 Å². The number of aliphatic carboxylic acids is 1. The van der Waals surface area contributed by atoms with Crippen molar-refractivity contribution in [3.05, 3.63) is 34.3 Å². The number of alkyl carbamates (subject to hydrolysis) is 1. The van der Waals surface area contributed by atoms with Crippen molar-refractivity contribution in [2.75, 3.05) is 6.54 Å². The standard InChI is InChI=1S/C18H24BrNO6/c1-4-15(21)25-17(11(2)3)26-18(24)20-10-13(16(22)23)8-12-6-5-7-14(19)9-12/h5-7,9,11,13,17H,4,8,10H2,1-3H3,(H,20,24)(H,22,23)/t13-,17-/m0/s1. The van der Waals surface area contributed by atoms with Gasteiger partial charge in [0.15, 0.2) is 0 Å². The van der Waals surface area contributed by atoms with E-state index in [-0.39, 0.29) is 25.3 Å². The Hall–Kier alpha value is -2.09. The fraction of sp³-hybridized carbons (Fsp3) is 0.500. The van der Waals surface area contributed by atoms with Crippen LogP contribution in [0.5, 0.6) is 0 Å². The molecule has 0 bridgehead atoms. The summed E-state index contributed by atoms with van der Waals surface area (Å²) in [5, 5.41) is 11.8. The molecule has 2 atom stereocenters. The number of hydrogen-bond acceptors (Lipinski definition) is 5. The van der Waals surface area contributed by atoms with Gasteiger partial charge in [0.25, 0.3) is 6.29 Å². The van der Waals surface area contributed by atoms with Gasteiger partial charge >= 0.3 is 18.0 Å². The summed E-state index contributed by atoms with van der Waals surface area (Å²) >= 11 is 3.34. The van der Waals surface area contributed by atoms with Crippen LogP contribution in [0.4, 0.5) is 4.79 Å². The van der Waals surface area contributed by atoms with E-state index in [0.29, 0.717) is 0 Å². The zero-order chi connectivity index (χ0) is 19.7. The van der Waals surface area contributed by atoms with Crippen LogP contribution in [-0.4, -0.2) is 36.0 Å². The Labute approximate surface area is 161 Å². The molecule has 0 aliphatic carbocycles. The van der Waals surface area contributed by atoms with Crippen molar-refractivity contribution in [3.63, 3.8) is 0 Å². The second-order valence-electron chi connectivity index (χ2n) is 6.11. The van der Waals surface area contributed by atoms with E-state index in [1.54, 1.807) is 20.8 Å². The molecule has 0 saturated carbocycles. The van der Waals surface area contributed by atoms with E-state index in [0.717, 1.165) is 10.0 Å². The first-order chi connectivity index (χ1) is 12.2. The van der Waals surface area contributed by atoms with Crippen LogP contribution in [0.25, 0.3) is 0 Å². The zero-order valence-corrected chi connectivity index (χ0v) is 16.6. The van der Waals surface area contributed by atoms with Crippen LogP contribution in [-0.2, 0) is 25.5 Å². The Morgan fingerprint density at radius 3 is 2.46 bits per heavy atom. The number of benzene rings is 1. The molecule has 7 nitrogen and oxygen atoms in total. The van der Waals surface area contributed by atoms with Crippen LogP contribution in [0.3, 0.4) is 0 Å². The van der Waals surface area contributed by atoms with Crippen LogP contribution in [0, 0.1) is 11.8 Å². The molecule has 0 radical (unpaired) electrons. The maximum atomic E-state index is 11.9. The monoisotopic (exact) mass is 429 g/mol. The number of amides is 1. The molecule has 1 rings (SSSR count).